The highest BCUT2D eigenvalue weighted by Gasteiger charge is 2.06. The normalized spacial score (nSPS) is 12.3. The van der Waals surface area contributed by atoms with Gasteiger partial charge in [0.15, 0.2) is 5.78 Å². The van der Waals surface area contributed by atoms with Crippen molar-refractivity contribution in [1.82, 2.24) is 0 Å². The molecule has 0 rings (SSSR count). The maximum absolute atomic E-state index is 10.6. The lowest BCUT2D eigenvalue weighted by Crippen LogP contribution is -2.15. The van der Waals surface area contributed by atoms with Crippen LogP contribution < -0.4 is 0 Å². The molecule has 2 heteroatoms. The molecule has 0 heterocycles. The molecule has 0 aliphatic heterocycles. The third-order valence-corrected chi connectivity index (χ3v) is 1.57. The zero-order valence-electron chi connectivity index (χ0n) is 9.94. The molecule has 0 bridgehead atoms. The number of ketones is 1. The van der Waals surface area contributed by atoms with E-state index in [0.717, 1.165) is 0 Å². The Kier molecular flexibility index (Phi) is 14.0. The van der Waals surface area contributed by atoms with E-state index in [2.05, 4.69) is 6.58 Å². The molecule has 0 radical (unpaired) electrons. The first-order valence-corrected chi connectivity index (χ1v) is 5.31. The zero-order valence-corrected chi connectivity index (χ0v) is 9.94. The molecule has 1 unspecified atom stereocenters. The number of hydrogen-bond acceptors (Lipinski definition) is 2. The Morgan fingerprint density at radius 2 is 1.93 bits per heavy atom. The van der Waals surface area contributed by atoms with Crippen molar-refractivity contribution in [3.05, 3.63) is 37.0 Å². The number of aliphatic hydroxyl groups excluding tert-OH is 1. The molecule has 15 heavy (non-hydrogen) atoms. The van der Waals surface area contributed by atoms with Crippen molar-refractivity contribution in [1.29, 1.82) is 0 Å². The first kappa shape index (κ1) is 16.3. The summed E-state index contributed by atoms with van der Waals surface area (Å²) in [4.78, 5) is 10.6. The minimum Gasteiger partial charge on any atom is -0.385 e. The van der Waals surface area contributed by atoms with Gasteiger partial charge in [0.2, 0.25) is 0 Å². The summed E-state index contributed by atoms with van der Waals surface area (Å²) in [5, 5.41) is 9.11. The van der Waals surface area contributed by atoms with E-state index >= 15 is 0 Å². The molecule has 0 saturated carbocycles. The van der Waals surface area contributed by atoms with Crippen LogP contribution in [0.5, 0.6) is 0 Å². The molecule has 1 N–H and O–H groups in total. The van der Waals surface area contributed by atoms with Gasteiger partial charge in [0.1, 0.15) is 6.10 Å². The van der Waals surface area contributed by atoms with Crippen LogP contribution in [-0.2, 0) is 4.79 Å². The molecule has 0 aliphatic rings. The van der Waals surface area contributed by atoms with Crippen LogP contribution in [0, 0.1) is 0 Å². The van der Waals surface area contributed by atoms with E-state index < -0.39 is 6.10 Å². The van der Waals surface area contributed by atoms with E-state index in [4.69, 9.17) is 5.11 Å². The van der Waals surface area contributed by atoms with E-state index in [-0.39, 0.29) is 5.78 Å². The zero-order chi connectivity index (χ0) is 12.1. The highest BCUT2D eigenvalue weighted by atomic mass is 16.3. The van der Waals surface area contributed by atoms with Crippen LogP contribution in [0.4, 0.5) is 0 Å². The summed E-state index contributed by atoms with van der Waals surface area (Å²) in [6.07, 6.45) is 9.53. The van der Waals surface area contributed by atoms with Gasteiger partial charge in [-0.1, -0.05) is 50.8 Å². The molecule has 1 atom stereocenters. The SMILES string of the molecule is C=C/C=C\C=C/CCC(O)C(C)=O.CC. The summed E-state index contributed by atoms with van der Waals surface area (Å²) < 4.78 is 0. The Hall–Kier alpha value is -1.15. The number of carbonyl (C=O) groups is 1. The Bertz CT molecular complexity index is 215. The topological polar surface area (TPSA) is 37.3 Å². The van der Waals surface area contributed by atoms with Crippen molar-refractivity contribution in [2.75, 3.05) is 0 Å². The van der Waals surface area contributed by atoms with Crippen molar-refractivity contribution in [3.8, 4) is 0 Å². The maximum Gasteiger partial charge on any atom is 0.158 e. The molecule has 0 amide bonds. The number of rotatable bonds is 6. The van der Waals surface area contributed by atoms with Crippen molar-refractivity contribution in [3.63, 3.8) is 0 Å². The molecule has 0 aromatic heterocycles. The molecule has 0 aromatic rings. The molecular formula is C13H22O2. The first-order valence-electron chi connectivity index (χ1n) is 5.31. The van der Waals surface area contributed by atoms with Gasteiger partial charge in [0.05, 0.1) is 0 Å². The average Bonchev–Trinajstić information content (AvgIpc) is 2.25. The monoisotopic (exact) mass is 210 g/mol. The second-order valence-electron chi connectivity index (χ2n) is 2.75. The van der Waals surface area contributed by atoms with Gasteiger partial charge in [-0.2, -0.15) is 0 Å². The first-order chi connectivity index (χ1) is 7.18. The maximum atomic E-state index is 10.6. The van der Waals surface area contributed by atoms with E-state index in [1.54, 1.807) is 6.08 Å². The second kappa shape index (κ2) is 12.8. The number of Topliss-reactive ketones (excluding diaryl/α,β-unsaturated/α-hetero) is 1. The standard InChI is InChI=1S/C11H16O2.C2H6/c1-3-4-5-6-7-8-9-11(13)10(2)12;1-2/h3-7,11,13H,1,8-9H2,2H3;1-2H3/b5-4-,7-6-;. The van der Waals surface area contributed by atoms with Crippen molar-refractivity contribution in [2.45, 2.75) is 39.7 Å². The molecular weight excluding hydrogens is 188 g/mol. The smallest absolute Gasteiger partial charge is 0.158 e. The van der Waals surface area contributed by atoms with Crippen molar-refractivity contribution in [2.24, 2.45) is 0 Å². The summed E-state index contributed by atoms with van der Waals surface area (Å²) in [5.74, 6) is -0.171. The van der Waals surface area contributed by atoms with Crippen LogP contribution in [0.25, 0.3) is 0 Å². The lowest BCUT2D eigenvalue weighted by molar-refractivity contribution is -0.125. The third kappa shape index (κ3) is 12.8. The van der Waals surface area contributed by atoms with Crippen LogP contribution in [0.2, 0.25) is 0 Å². The fourth-order valence-corrected chi connectivity index (χ4v) is 0.775. The van der Waals surface area contributed by atoms with Gasteiger partial charge in [-0.15, -0.1) is 0 Å². The quantitative estimate of drug-likeness (QED) is 0.684. The van der Waals surface area contributed by atoms with Crippen LogP contribution in [0.1, 0.15) is 33.6 Å². The van der Waals surface area contributed by atoms with E-state index in [0.29, 0.717) is 12.8 Å². The number of carbonyl (C=O) groups excluding carboxylic acids is 1. The van der Waals surface area contributed by atoms with E-state index in [1.807, 2.05) is 38.2 Å². The van der Waals surface area contributed by atoms with Crippen LogP contribution in [-0.4, -0.2) is 17.0 Å². The summed E-state index contributed by atoms with van der Waals surface area (Å²) in [5.41, 5.74) is 0. The van der Waals surface area contributed by atoms with Gasteiger partial charge in [0, 0.05) is 0 Å². The minimum absolute atomic E-state index is 0.171. The number of hydrogen-bond donors (Lipinski definition) is 1. The largest absolute Gasteiger partial charge is 0.385 e. The predicted molar refractivity (Wildman–Crippen MR) is 65.7 cm³/mol. The highest BCUT2D eigenvalue weighted by molar-refractivity contribution is 5.80. The van der Waals surface area contributed by atoms with Gasteiger partial charge in [-0.3, -0.25) is 4.79 Å². The molecule has 0 aliphatic carbocycles. The Morgan fingerprint density at radius 3 is 2.40 bits per heavy atom. The van der Waals surface area contributed by atoms with Gasteiger partial charge >= 0.3 is 0 Å². The molecule has 0 saturated heterocycles. The summed E-state index contributed by atoms with van der Waals surface area (Å²) in [6, 6.07) is 0. The molecule has 2 nitrogen and oxygen atoms in total. The average molecular weight is 210 g/mol. The van der Waals surface area contributed by atoms with Gasteiger partial charge in [0.25, 0.3) is 0 Å². The minimum atomic E-state index is -0.812. The number of aliphatic hydroxyl groups is 1. The third-order valence-electron chi connectivity index (χ3n) is 1.57. The van der Waals surface area contributed by atoms with Crippen LogP contribution in [0.3, 0.4) is 0 Å². The van der Waals surface area contributed by atoms with Gasteiger partial charge < -0.3 is 5.11 Å². The predicted octanol–water partition coefficient (Wildman–Crippen LogP) is 3.04. The fraction of sp³-hybridized carbons (Fsp3) is 0.462. The van der Waals surface area contributed by atoms with E-state index in [9.17, 15) is 4.79 Å². The van der Waals surface area contributed by atoms with Crippen LogP contribution in [0.15, 0.2) is 37.0 Å². The summed E-state index contributed by atoms with van der Waals surface area (Å²) in [6.45, 7) is 8.92. The highest BCUT2D eigenvalue weighted by Crippen LogP contribution is 1.99. The van der Waals surface area contributed by atoms with Gasteiger partial charge in [-0.25, -0.2) is 0 Å². The summed E-state index contributed by atoms with van der Waals surface area (Å²) >= 11 is 0. The van der Waals surface area contributed by atoms with E-state index in [1.165, 1.54) is 6.92 Å². The van der Waals surface area contributed by atoms with Gasteiger partial charge in [-0.05, 0) is 19.8 Å². The summed E-state index contributed by atoms with van der Waals surface area (Å²) in [7, 11) is 0. The molecule has 0 aromatic carbocycles. The molecule has 86 valence electrons. The van der Waals surface area contributed by atoms with Crippen molar-refractivity contribution < 1.29 is 9.90 Å². The van der Waals surface area contributed by atoms with Crippen molar-refractivity contribution >= 4 is 5.78 Å². The molecule has 0 spiro atoms. The fourth-order valence-electron chi connectivity index (χ4n) is 0.775. The Morgan fingerprint density at radius 1 is 1.33 bits per heavy atom. The Balaban J connectivity index is 0. The Labute approximate surface area is 93.0 Å². The second-order valence-corrected chi connectivity index (χ2v) is 2.75. The number of allylic oxidation sites excluding steroid dienone is 5. The van der Waals surface area contributed by atoms with Crippen LogP contribution >= 0.6 is 0 Å². The lowest BCUT2D eigenvalue weighted by atomic mass is 10.1. The lowest BCUT2D eigenvalue weighted by Gasteiger charge is -2.02. The molecule has 0 fully saturated rings.